The van der Waals surface area contributed by atoms with Gasteiger partial charge in [0.2, 0.25) is 0 Å². The SMILES string of the molecule is Cc1csc(C(C)NC(=O)c2cc(C)c(OCC(=O)O)c(C)c2)n1. The minimum absolute atomic E-state index is 0.181. The summed E-state index contributed by atoms with van der Waals surface area (Å²) in [5, 5.41) is 14.4. The van der Waals surface area contributed by atoms with Gasteiger partial charge in [0.1, 0.15) is 10.8 Å². The Labute approximate surface area is 144 Å². The van der Waals surface area contributed by atoms with E-state index in [-0.39, 0.29) is 11.9 Å². The number of aryl methyl sites for hydroxylation is 3. The molecule has 1 aromatic carbocycles. The van der Waals surface area contributed by atoms with Crippen molar-refractivity contribution >= 4 is 23.2 Å². The molecule has 0 aliphatic carbocycles. The minimum Gasteiger partial charge on any atom is -0.481 e. The molecule has 2 rings (SSSR count). The molecule has 1 aromatic heterocycles. The summed E-state index contributed by atoms with van der Waals surface area (Å²) in [6, 6.07) is 3.21. The molecule has 1 unspecified atom stereocenters. The Bertz CT molecular complexity index is 747. The van der Waals surface area contributed by atoms with Crippen molar-refractivity contribution in [3.05, 3.63) is 44.9 Å². The van der Waals surface area contributed by atoms with E-state index in [0.29, 0.717) is 11.3 Å². The summed E-state index contributed by atoms with van der Waals surface area (Å²) in [4.78, 5) is 27.5. The predicted octanol–water partition coefficient (Wildman–Crippen LogP) is 3.02. The number of carboxylic acids is 1. The van der Waals surface area contributed by atoms with Crippen molar-refractivity contribution < 1.29 is 19.4 Å². The largest absolute Gasteiger partial charge is 0.481 e. The first-order valence-corrected chi connectivity index (χ1v) is 8.34. The number of carboxylic acid groups (broad SMARTS) is 1. The molecule has 24 heavy (non-hydrogen) atoms. The number of hydrogen-bond acceptors (Lipinski definition) is 5. The van der Waals surface area contributed by atoms with Crippen LogP contribution >= 0.6 is 11.3 Å². The van der Waals surface area contributed by atoms with Crippen LogP contribution in [0.15, 0.2) is 17.5 Å². The van der Waals surface area contributed by atoms with Crippen molar-refractivity contribution in [1.29, 1.82) is 0 Å². The Balaban J connectivity index is 2.13. The molecule has 1 atom stereocenters. The maximum absolute atomic E-state index is 12.4. The summed E-state index contributed by atoms with van der Waals surface area (Å²) in [7, 11) is 0. The van der Waals surface area contributed by atoms with E-state index in [4.69, 9.17) is 9.84 Å². The van der Waals surface area contributed by atoms with Crippen LogP contribution < -0.4 is 10.1 Å². The third-order valence-electron chi connectivity index (χ3n) is 3.42. The monoisotopic (exact) mass is 348 g/mol. The quantitative estimate of drug-likeness (QED) is 0.838. The van der Waals surface area contributed by atoms with Crippen LogP contribution in [0.3, 0.4) is 0 Å². The number of rotatable bonds is 6. The molecule has 0 fully saturated rings. The molecule has 128 valence electrons. The molecule has 2 aromatic rings. The van der Waals surface area contributed by atoms with E-state index >= 15 is 0 Å². The summed E-state index contributed by atoms with van der Waals surface area (Å²) in [6.07, 6.45) is 0. The normalized spacial score (nSPS) is 11.8. The lowest BCUT2D eigenvalue weighted by Gasteiger charge is -2.15. The van der Waals surface area contributed by atoms with Gasteiger partial charge in [-0.3, -0.25) is 4.79 Å². The zero-order chi connectivity index (χ0) is 17.9. The summed E-state index contributed by atoms with van der Waals surface area (Å²) >= 11 is 1.51. The molecule has 0 aliphatic heterocycles. The maximum Gasteiger partial charge on any atom is 0.341 e. The Morgan fingerprint density at radius 2 is 1.92 bits per heavy atom. The second-order valence-electron chi connectivity index (χ2n) is 5.64. The number of aromatic nitrogens is 1. The number of nitrogens with one attached hydrogen (secondary N) is 1. The van der Waals surface area contributed by atoms with Crippen LogP contribution in [0, 0.1) is 20.8 Å². The number of aliphatic carboxylic acids is 1. The summed E-state index contributed by atoms with van der Waals surface area (Å²) in [5.41, 5.74) is 2.88. The molecular weight excluding hydrogens is 328 g/mol. The zero-order valence-corrected chi connectivity index (χ0v) is 14.9. The van der Waals surface area contributed by atoms with Gasteiger partial charge in [-0.1, -0.05) is 0 Å². The van der Waals surface area contributed by atoms with Gasteiger partial charge in [0.25, 0.3) is 5.91 Å². The smallest absolute Gasteiger partial charge is 0.341 e. The fraction of sp³-hybridized carbons (Fsp3) is 0.353. The second-order valence-corrected chi connectivity index (χ2v) is 6.53. The number of amides is 1. The predicted molar refractivity (Wildman–Crippen MR) is 91.8 cm³/mol. The van der Waals surface area contributed by atoms with Gasteiger partial charge in [-0.25, -0.2) is 9.78 Å². The van der Waals surface area contributed by atoms with E-state index in [0.717, 1.165) is 21.8 Å². The molecule has 2 N–H and O–H groups in total. The molecular formula is C17H20N2O4S. The lowest BCUT2D eigenvalue weighted by Crippen LogP contribution is -2.26. The lowest BCUT2D eigenvalue weighted by molar-refractivity contribution is -0.139. The summed E-state index contributed by atoms with van der Waals surface area (Å²) < 4.78 is 5.28. The number of nitrogens with zero attached hydrogens (tertiary/aromatic N) is 1. The van der Waals surface area contributed by atoms with Crippen molar-refractivity contribution in [2.24, 2.45) is 0 Å². The fourth-order valence-corrected chi connectivity index (χ4v) is 3.16. The topological polar surface area (TPSA) is 88.5 Å². The Hall–Kier alpha value is -2.41. The van der Waals surface area contributed by atoms with Crippen LogP contribution in [0.5, 0.6) is 5.75 Å². The molecule has 0 radical (unpaired) electrons. The molecule has 1 amide bonds. The van der Waals surface area contributed by atoms with Gasteiger partial charge in [-0.15, -0.1) is 11.3 Å². The first-order chi connectivity index (χ1) is 11.3. The van der Waals surface area contributed by atoms with Crippen molar-refractivity contribution in [3.8, 4) is 5.75 Å². The maximum atomic E-state index is 12.4. The van der Waals surface area contributed by atoms with E-state index in [1.807, 2.05) is 19.2 Å². The number of carbonyl (C=O) groups is 2. The van der Waals surface area contributed by atoms with Crippen LogP contribution in [0.4, 0.5) is 0 Å². The van der Waals surface area contributed by atoms with Crippen molar-refractivity contribution in [3.63, 3.8) is 0 Å². The summed E-state index contributed by atoms with van der Waals surface area (Å²) in [6.45, 7) is 6.97. The first-order valence-electron chi connectivity index (χ1n) is 7.46. The van der Waals surface area contributed by atoms with E-state index in [1.54, 1.807) is 26.0 Å². The zero-order valence-electron chi connectivity index (χ0n) is 14.0. The van der Waals surface area contributed by atoms with Crippen LogP contribution in [0.25, 0.3) is 0 Å². The van der Waals surface area contributed by atoms with Gasteiger partial charge in [-0.2, -0.15) is 0 Å². The standard InChI is InChI=1S/C17H20N2O4S/c1-9-5-13(6-10(2)15(9)23-7-14(20)21)16(22)19-12(4)17-18-11(3)8-24-17/h5-6,8,12H,7H2,1-4H3,(H,19,22)(H,20,21). The molecule has 0 bridgehead atoms. The third kappa shape index (κ3) is 4.32. The van der Waals surface area contributed by atoms with Gasteiger partial charge in [0.15, 0.2) is 6.61 Å². The van der Waals surface area contributed by atoms with Gasteiger partial charge < -0.3 is 15.2 Å². The van der Waals surface area contributed by atoms with E-state index < -0.39 is 12.6 Å². The fourth-order valence-electron chi connectivity index (χ4n) is 2.36. The van der Waals surface area contributed by atoms with Crippen LogP contribution in [-0.4, -0.2) is 28.6 Å². The molecule has 6 nitrogen and oxygen atoms in total. The minimum atomic E-state index is -1.04. The van der Waals surface area contributed by atoms with Crippen molar-refractivity contribution in [2.45, 2.75) is 33.7 Å². The number of carbonyl (C=O) groups excluding carboxylic acids is 1. The van der Waals surface area contributed by atoms with Gasteiger partial charge in [0, 0.05) is 16.6 Å². The van der Waals surface area contributed by atoms with Crippen molar-refractivity contribution in [2.75, 3.05) is 6.61 Å². The van der Waals surface area contributed by atoms with Crippen LogP contribution in [-0.2, 0) is 4.79 Å². The molecule has 1 heterocycles. The second kappa shape index (κ2) is 7.44. The Morgan fingerprint density at radius 3 is 2.42 bits per heavy atom. The Kier molecular flexibility index (Phi) is 5.56. The average Bonchev–Trinajstić information content (AvgIpc) is 2.92. The molecule has 0 saturated carbocycles. The third-order valence-corrected chi connectivity index (χ3v) is 4.56. The molecule has 0 aliphatic rings. The number of hydrogen-bond donors (Lipinski definition) is 2. The highest BCUT2D eigenvalue weighted by Crippen LogP contribution is 2.25. The van der Waals surface area contributed by atoms with Gasteiger partial charge >= 0.3 is 5.97 Å². The van der Waals surface area contributed by atoms with Gasteiger partial charge in [0.05, 0.1) is 6.04 Å². The number of benzene rings is 1. The van der Waals surface area contributed by atoms with E-state index in [1.165, 1.54) is 11.3 Å². The number of thiazole rings is 1. The van der Waals surface area contributed by atoms with Gasteiger partial charge in [-0.05, 0) is 51.0 Å². The van der Waals surface area contributed by atoms with Crippen LogP contribution in [0.1, 0.15) is 45.2 Å². The Morgan fingerprint density at radius 1 is 1.29 bits per heavy atom. The molecule has 0 saturated heterocycles. The molecule has 7 heteroatoms. The first kappa shape index (κ1) is 17.9. The van der Waals surface area contributed by atoms with Crippen molar-refractivity contribution in [1.82, 2.24) is 10.3 Å². The molecule has 0 spiro atoms. The van der Waals surface area contributed by atoms with E-state index in [9.17, 15) is 9.59 Å². The lowest BCUT2D eigenvalue weighted by atomic mass is 10.0. The number of ether oxygens (including phenoxy) is 1. The summed E-state index contributed by atoms with van der Waals surface area (Å²) in [5.74, 6) is -0.743. The highest BCUT2D eigenvalue weighted by atomic mass is 32.1. The van der Waals surface area contributed by atoms with Crippen LogP contribution in [0.2, 0.25) is 0 Å². The van der Waals surface area contributed by atoms with E-state index in [2.05, 4.69) is 10.3 Å². The highest BCUT2D eigenvalue weighted by Gasteiger charge is 2.16. The average molecular weight is 348 g/mol. The highest BCUT2D eigenvalue weighted by molar-refractivity contribution is 7.09.